The molecule has 3 aromatic carbocycles. The van der Waals surface area contributed by atoms with Crippen molar-refractivity contribution in [1.29, 1.82) is 0 Å². The average Bonchev–Trinajstić information content (AvgIpc) is 3.40. The van der Waals surface area contributed by atoms with E-state index in [1.807, 2.05) is 24.5 Å². The van der Waals surface area contributed by atoms with Crippen LogP contribution in [0.4, 0.5) is 5.69 Å². The van der Waals surface area contributed by atoms with Crippen molar-refractivity contribution in [2.24, 2.45) is 0 Å². The number of hydrogen-bond acceptors (Lipinski definition) is 3. The van der Waals surface area contributed by atoms with Crippen LogP contribution in [0.2, 0.25) is 0 Å². The molecule has 0 unspecified atom stereocenters. The van der Waals surface area contributed by atoms with Crippen LogP contribution < -0.4 is 10.6 Å². The Bertz CT molecular complexity index is 1220. The third kappa shape index (κ3) is 4.32. The summed E-state index contributed by atoms with van der Waals surface area (Å²) < 4.78 is 0. The zero-order valence-corrected chi connectivity index (χ0v) is 18.8. The lowest BCUT2D eigenvalue weighted by atomic mass is 9.72. The van der Waals surface area contributed by atoms with Crippen molar-refractivity contribution in [1.82, 2.24) is 15.5 Å². The topological polar surface area (TPSA) is 69.8 Å². The van der Waals surface area contributed by atoms with Crippen LogP contribution in [0, 0.1) is 6.92 Å². The molecule has 1 aromatic heterocycles. The summed E-state index contributed by atoms with van der Waals surface area (Å²) in [5.74, 6) is 0.0587. The third-order valence-electron chi connectivity index (χ3n) is 6.65. The van der Waals surface area contributed by atoms with E-state index in [0.717, 1.165) is 53.9 Å². The van der Waals surface area contributed by atoms with Gasteiger partial charge in [-0.15, -0.1) is 0 Å². The van der Waals surface area contributed by atoms with E-state index in [1.54, 1.807) is 0 Å². The largest absolute Gasteiger partial charge is 0.325 e. The molecule has 0 saturated carbocycles. The fourth-order valence-electron chi connectivity index (χ4n) is 4.71. The van der Waals surface area contributed by atoms with Crippen LogP contribution in [0.25, 0.3) is 22.3 Å². The number of hydrogen-bond donors (Lipinski definition) is 3. The van der Waals surface area contributed by atoms with Gasteiger partial charge in [0.25, 0.3) is 0 Å². The molecule has 0 aliphatic carbocycles. The number of amides is 1. The van der Waals surface area contributed by atoms with E-state index in [2.05, 4.69) is 88.4 Å². The highest BCUT2D eigenvalue weighted by Gasteiger charge is 2.41. The van der Waals surface area contributed by atoms with E-state index in [9.17, 15) is 4.79 Å². The van der Waals surface area contributed by atoms with Crippen LogP contribution in [0.1, 0.15) is 24.0 Å². The Kier molecular flexibility index (Phi) is 5.80. The van der Waals surface area contributed by atoms with Gasteiger partial charge in [-0.3, -0.25) is 9.89 Å². The number of aromatic amines is 1. The second-order valence-electron chi connectivity index (χ2n) is 8.80. The van der Waals surface area contributed by atoms with Crippen molar-refractivity contribution in [2.45, 2.75) is 25.2 Å². The van der Waals surface area contributed by atoms with Gasteiger partial charge in [0.2, 0.25) is 5.91 Å². The summed E-state index contributed by atoms with van der Waals surface area (Å²) in [5.41, 5.74) is 7.02. The molecule has 1 amide bonds. The quantitative estimate of drug-likeness (QED) is 0.397. The van der Waals surface area contributed by atoms with Crippen LogP contribution in [0.5, 0.6) is 0 Å². The van der Waals surface area contributed by atoms with Crippen molar-refractivity contribution < 1.29 is 4.79 Å². The number of carbonyl (C=O) groups is 1. The lowest BCUT2D eigenvalue weighted by Gasteiger charge is -2.37. The Hall–Kier alpha value is -3.70. The first-order valence-electron chi connectivity index (χ1n) is 11.4. The molecule has 0 bridgehead atoms. The SMILES string of the molecule is Cc1cccc(-c2ccc(NC(=O)C3(c4ccc(-c5cn[nH]c5)cc4)CCNCC3)cc2)c1. The zero-order chi connectivity index (χ0) is 22.7. The number of piperidine rings is 1. The van der Waals surface area contributed by atoms with Gasteiger partial charge in [0.05, 0.1) is 11.6 Å². The maximum absolute atomic E-state index is 13.6. The summed E-state index contributed by atoms with van der Waals surface area (Å²) in [6.45, 7) is 3.74. The van der Waals surface area contributed by atoms with Gasteiger partial charge in [0.15, 0.2) is 0 Å². The number of nitrogens with zero attached hydrogens (tertiary/aromatic N) is 1. The van der Waals surface area contributed by atoms with E-state index in [-0.39, 0.29) is 5.91 Å². The number of carbonyl (C=O) groups excluding carboxylic acids is 1. The maximum Gasteiger partial charge on any atom is 0.235 e. The summed E-state index contributed by atoms with van der Waals surface area (Å²) in [7, 11) is 0. The monoisotopic (exact) mass is 436 g/mol. The van der Waals surface area contributed by atoms with Crippen molar-refractivity contribution in [2.75, 3.05) is 18.4 Å². The number of aromatic nitrogens is 2. The van der Waals surface area contributed by atoms with Gasteiger partial charge in [-0.05, 0) is 67.2 Å². The Balaban J connectivity index is 1.38. The number of rotatable bonds is 5. The first-order chi connectivity index (χ1) is 16.1. The molecule has 1 fully saturated rings. The van der Waals surface area contributed by atoms with E-state index in [0.29, 0.717) is 0 Å². The zero-order valence-electron chi connectivity index (χ0n) is 18.8. The predicted octanol–water partition coefficient (Wildman–Crippen LogP) is 5.31. The highest BCUT2D eigenvalue weighted by molar-refractivity contribution is 5.99. The molecule has 0 spiro atoms. The fraction of sp³-hybridized carbons (Fsp3) is 0.214. The number of nitrogens with one attached hydrogen (secondary N) is 3. The first-order valence-corrected chi connectivity index (χ1v) is 11.4. The predicted molar refractivity (Wildman–Crippen MR) is 133 cm³/mol. The molecular formula is C28H28N4O. The lowest BCUT2D eigenvalue weighted by Crippen LogP contribution is -2.48. The normalized spacial score (nSPS) is 15.2. The lowest BCUT2D eigenvalue weighted by molar-refractivity contribution is -0.122. The molecule has 5 rings (SSSR count). The molecule has 1 aliphatic heterocycles. The molecule has 0 radical (unpaired) electrons. The maximum atomic E-state index is 13.6. The van der Waals surface area contributed by atoms with Crippen LogP contribution in [-0.2, 0) is 10.2 Å². The molecule has 5 nitrogen and oxygen atoms in total. The molecule has 1 aliphatic rings. The highest BCUT2D eigenvalue weighted by Crippen LogP contribution is 2.36. The van der Waals surface area contributed by atoms with Crippen LogP contribution in [0.15, 0.2) is 85.2 Å². The second-order valence-corrected chi connectivity index (χ2v) is 8.80. The van der Waals surface area contributed by atoms with E-state index < -0.39 is 5.41 Å². The van der Waals surface area contributed by atoms with E-state index >= 15 is 0 Å². The standard InChI is InChI=1S/C28H28N4O/c1-20-3-2-4-23(17-20)21-7-11-26(12-8-21)32-27(33)28(13-15-29-16-14-28)25-9-5-22(6-10-25)24-18-30-31-19-24/h2-12,17-19,29H,13-16H2,1H3,(H,30,31)(H,32,33). The summed E-state index contributed by atoms with van der Waals surface area (Å²) in [5, 5.41) is 13.5. The summed E-state index contributed by atoms with van der Waals surface area (Å²) in [4.78, 5) is 13.6. The summed E-state index contributed by atoms with van der Waals surface area (Å²) in [6.07, 6.45) is 5.22. The number of aryl methyl sites for hydroxylation is 1. The molecule has 1 saturated heterocycles. The van der Waals surface area contributed by atoms with Crippen molar-refractivity contribution >= 4 is 11.6 Å². The average molecular weight is 437 g/mol. The highest BCUT2D eigenvalue weighted by atomic mass is 16.2. The number of benzene rings is 3. The minimum Gasteiger partial charge on any atom is -0.325 e. The second kappa shape index (κ2) is 9.04. The summed E-state index contributed by atoms with van der Waals surface area (Å²) >= 11 is 0. The van der Waals surface area contributed by atoms with E-state index in [1.165, 1.54) is 11.1 Å². The first kappa shape index (κ1) is 21.2. The molecule has 3 N–H and O–H groups in total. The number of H-pyrrole nitrogens is 1. The van der Waals surface area contributed by atoms with Gasteiger partial charge in [-0.2, -0.15) is 5.10 Å². The minimum atomic E-state index is -0.546. The molecule has 33 heavy (non-hydrogen) atoms. The van der Waals surface area contributed by atoms with Crippen LogP contribution >= 0.6 is 0 Å². The Labute approximate surface area is 194 Å². The molecular weight excluding hydrogens is 408 g/mol. The van der Waals surface area contributed by atoms with Gasteiger partial charge >= 0.3 is 0 Å². The Morgan fingerprint density at radius 2 is 1.58 bits per heavy atom. The van der Waals surface area contributed by atoms with Gasteiger partial charge in [0.1, 0.15) is 0 Å². The summed E-state index contributed by atoms with van der Waals surface area (Å²) in [6, 6.07) is 24.9. The Morgan fingerprint density at radius 1 is 0.879 bits per heavy atom. The Morgan fingerprint density at radius 3 is 2.24 bits per heavy atom. The molecule has 0 atom stereocenters. The van der Waals surface area contributed by atoms with Crippen molar-refractivity contribution in [3.8, 4) is 22.3 Å². The van der Waals surface area contributed by atoms with Crippen molar-refractivity contribution in [3.63, 3.8) is 0 Å². The van der Waals surface area contributed by atoms with Crippen LogP contribution in [-0.4, -0.2) is 29.2 Å². The van der Waals surface area contributed by atoms with Gasteiger partial charge in [0, 0.05) is 17.4 Å². The minimum absolute atomic E-state index is 0.0587. The van der Waals surface area contributed by atoms with E-state index in [4.69, 9.17) is 0 Å². The van der Waals surface area contributed by atoms with Crippen LogP contribution in [0.3, 0.4) is 0 Å². The fourth-order valence-corrected chi connectivity index (χ4v) is 4.71. The van der Waals surface area contributed by atoms with Gasteiger partial charge < -0.3 is 10.6 Å². The smallest absolute Gasteiger partial charge is 0.235 e. The van der Waals surface area contributed by atoms with Gasteiger partial charge in [-0.25, -0.2) is 0 Å². The van der Waals surface area contributed by atoms with Gasteiger partial charge in [-0.1, -0.05) is 66.2 Å². The van der Waals surface area contributed by atoms with Crippen molar-refractivity contribution in [3.05, 3.63) is 96.3 Å². The molecule has 5 heteroatoms. The molecule has 166 valence electrons. The molecule has 4 aromatic rings. The molecule has 2 heterocycles. The number of anilines is 1. The third-order valence-corrected chi connectivity index (χ3v) is 6.65.